The molecule has 0 atom stereocenters. The van der Waals surface area contributed by atoms with Crippen LogP contribution >= 0.6 is 0 Å². The van der Waals surface area contributed by atoms with Crippen molar-refractivity contribution in [2.45, 2.75) is 46.1 Å². The van der Waals surface area contributed by atoms with Crippen molar-refractivity contribution >= 4 is 6.01 Å². The lowest BCUT2D eigenvalue weighted by Crippen LogP contribution is -2.26. The summed E-state index contributed by atoms with van der Waals surface area (Å²) in [6, 6.07) is 0.803. The number of hydrogen-bond acceptors (Lipinski definition) is 4. The van der Waals surface area contributed by atoms with Crippen LogP contribution in [0.5, 0.6) is 0 Å². The Hall–Kier alpha value is -1.03. The van der Waals surface area contributed by atoms with Gasteiger partial charge in [-0.3, -0.25) is 0 Å². The second-order valence-corrected chi connectivity index (χ2v) is 5.19. The van der Waals surface area contributed by atoms with Gasteiger partial charge in [0.25, 0.3) is 6.01 Å². The maximum Gasteiger partial charge on any atom is 0.297 e. The van der Waals surface area contributed by atoms with Gasteiger partial charge in [0, 0.05) is 19.6 Å². The Balaban J connectivity index is 1.88. The Labute approximate surface area is 110 Å². The molecule has 0 spiro atoms. The van der Waals surface area contributed by atoms with Crippen LogP contribution in [0.2, 0.25) is 0 Å². The van der Waals surface area contributed by atoms with Crippen molar-refractivity contribution in [1.82, 2.24) is 10.3 Å². The van der Waals surface area contributed by atoms with E-state index in [0.717, 1.165) is 56.6 Å². The maximum atomic E-state index is 5.61. The predicted octanol–water partition coefficient (Wildman–Crippen LogP) is 2.80. The molecular formula is C14H25N3O. The van der Waals surface area contributed by atoms with Gasteiger partial charge in [-0.1, -0.05) is 13.8 Å². The van der Waals surface area contributed by atoms with Crippen LogP contribution in [0.3, 0.4) is 0 Å². The topological polar surface area (TPSA) is 41.3 Å². The molecule has 18 heavy (non-hydrogen) atoms. The van der Waals surface area contributed by atoms with E-state index in [1.807, 2.05) is 0 Å². The zero-order valence-electron chi connectivity index (χ0n) is 11.6. The first kappa shape index (κ1) is 13.4. The molecule has 102 valence electrons. The van der Waals surface area contributed by atoms with Crippen LogP contribution in [0.15, 0.2) is 10.7 Å². The lowest BCUT2D eigenvalue weighted by Gasteiger charge is -2.19. The van der Waals surface area contributed by atoms with Crippen LogP contribution in [0, 0.1) is 5.92 Å². The minimum atomic E-state index is 0.803. The SMILES string of the molecule is CCCNCc1coc(N(CCC)CC2CC2)n1. The first-order valence-corrected chi connectivity index (χ1v) is 7.23. The van der Waals surface area contributed by atoms with Crippen LogP contribution in [-0.4, -0.2) is 24.6 Å². The average molecular weight is 251 g/mol. The molecule has 0 bridgehead atoms. The highest BCUT2D eigenvalue weighted by atomic mass is 16.4. The zero-order valence-corrected chi connectivity index (χ0v) is 11.6. The molecule has 2 rings (SSSR count). The van der Waals surface area contributed by atoms with E-state index in [1.165, 1.54) is 12.8 Å². The molecule has 1 aromatic rings. The van der Waals surface area contributed by atoms with Gasteiger partial charge in [0.2, 0.25) is 0 Å². The number of oxazole rings is 1. The van der Waals surface area contributed by atoms with Crippen LogP contribution in [-0.2, 0) is 6.54 Å². The predicted molar refractivity (Wildman–Crippen MR) is 73.7 cm³/mol. The van der Waals surface area contributed by atoms with Crippen molar-refractivity contribution < 1.29 is 4.42 Å². The lowest BCUT2D eigenvalue weighted by molar-refractivity contribution is 0.522. The second kappa shape index (κ2) is 6.78. The van der Waals surface area contributed by atoms with E-state index >= 15 is 0 Å². The highest BCUT2D eigenvalue weighted by molar-refractivity contribution is 5.27. The fourth-order valence-electron chi connectivity index (χ4n) is 2.06. The number of aromatic nitrogens is 1. The first-order chi connectivity index (χ1) is 8.83. The third kappa shape index (κ3) is 4.02. The van der Waals surface area contributed by atoms with Gasteiger partial charge in [-0.15, -0.1) is 0 Å². The van der Waals surface area contributed by atoms with Crippen molar-refractivity contribution in [2.75, 3.05) is 24.5 Å². The van der Waals surface area contributed by atoms with Gasteiger partial charge in [-0.2, -0.15) is 4.98 Å². The zero-order chi connectivity index (χ0) is 12.8. The third-order valence-corrected chi connectivity index (χ3v) is 3.21. The molecule has 0 aliphatic heterocycles. The van der Waals surface area contributed by atoms with E-state index in [0.29, 0.717) is 0 Å². The van der Waals surface area contributed by atoms with Crippen molar-refractivity contribution in [3.63, 3.8) is 0 Å². The summed E-state index contributed by atoms with van der Waals surface area (Å²) in [5.74, 6) is 0.866. The van der Waals surface area contributed by atoms with Crippen molar-refractivity contribution in [1.29, 1.82) is 0 Å². The van der Waals surface area contributed by atoms with Crippen molar-refractivity contribution in [3.05, 3.63) is 12.0 Å². The Morgan fingerprint density at radius 1 is 1.39 bits per heavy atom. The highest BCUT2D eigenvalue weighted by Crippen LogP contribution is 2.31. The smallest absolute Gasteiger partial charge is 0.297 e. The standard InChI is InChI=1S/C14H25N3O/c1-3-7-15-9-13-11-18-14(16-13)17(8-4-2)10-12-5-6-12/h11-12,15H,3-10H2,1-2H3. The molecule has 4 heteroatoms. The summed E-state index contributed by atoms with van der Waals surface area (Å²) in [5, 5.41) is 3.35. The summed E-state index contributed by atoms with van der Waals surface area (Å²) in [6.45, 7) is 8.35. The monoisotopic (exact) mass is 251 g/mol. The minimum absolute atomic E-state index is 0.803. The van der Waals surface area contributed by atoms with Gasteiger partial charge in [0.1, 0.15) is 6.26 Å². The summed E-state index contributed by atoms with van der Waals surface area (Å²) in [7, 11) is 0. The molecule has 0 saturated heterocycles. The third-order valence-electron chi connectivity index (χ3n) is 3.21. The Bertz CT molecular complexity index is 347. The molecule has 1 heterocycles. The van der Waals surface area contributed by atoms with Gasteiger partial charge in [-0.05, 0) is 38.1 Å². The van der Waals surface area contributed by atoms with Crippen LogP contribution in [0.4, 0.5) is 6.01 Å². The number of hydrogen-bond donors (Lipinski definition) is 1. The van der Waals surface area contributed by atoms with Crippen molar-refractivity contribution in [3.8, 4) is 0 Å². The second-order valence-electron chi connectivity index (χ2n) is 5.19. The summed E-state index contributed by atoms with van der Waals surface area (Å²) in [6.07, 6.45) is 6.80. The molecule has 1 aromatic heterocycles. The van der Waals surface area contributed by atoms with Gasteiger partial charge < -0.3 is 14.6 Å². The van der Waals surface area contributed by atoms with E-state index in [1.54, 1.807) is 6.26 Å². The van der Waals surface area contributed by atoms with Gasteiger partial charge in [0.15, 0.2) is 0 Å². The molecule has 1 aliphatic carbocycles. The van der Waals surface area contributed by atoms with Crippen LogP contribution < -0.4 is 10.2 Å². The molecule has 1 N–H and O–H groups in total. The van der Waals surface area contributed by atoms with Gasteiger partial charge in [0.05, 0.1) is 5.69 Å². The van der Waals surface area contributed by atoms with Crippen LogP contribution in [0.1, 0.15) is 45.2 Å². The maximum absolute atomic E-state index is 5.61. The number of nitrogens with zero attached hydrogens (tertiary/aromatic N) is 2. The molecule has 0 radical (unpaired) electrons. The highest BCUT2D eigenvalue weighted by Gasteiger charge is 2.25. The summed E-state index contributed by atoms with van der Waals surface area (Å²) < 4.78 is 5.61. The number of nitrogens with one attached hydrogen (secondary N) is 1. The Kier molecular flexibility index (Phi) is 5.05. The number of anilines is 1. The molecule has 1 aliphatic rings. The molecule has 0 unspecified atom stereocenters. The van der Waals surface area contributed by atoms with E-state index < -0.39 is 0 Å². The number of rotatable bonds is 9. The fraction of sp³-hybridized carbons (Fsp3) is 0.786. The van der Waals surface area contributed by atoms with Gasteiger partial charge in [-0.25, -0.2) is 0 Å². The molecule has 1 fully saturated rings. The quantitative estimate of drug-likeness (QED) is 0.685. The summed E-state index contributed by atoms with van der Waals surface area (Å²) in [4.78, 5) is 6.87. The van der Waals surface area contributed by atoms with E-state index in [4.69, 9.17) is 4.42 Å². The van der Waals surface area contributed by atoms with E-state index in [2.05, 4.69) is 29.0 Å². The van der Waals surface area contributed by atoms with Crippen molar-refractivity contribution in [2.24, 2.45) is 5.92 Å². The first-order valence-electron chi connectivity index (χ1n) is 7.23. The summed E-state index contributed by atoms with van der Waals surface area (Å²) in [5.41, 5.74) is 1.01. The van der Waals surface area contributed by atoms with Gasteiger partial charge >= 0.3 is 0 Å². The lowest BCUT2D eigenvalue weighted by atomic mass is 10.3. The summed E-state index contributed by atoms with van der Waals surface area (Å²) >= 11 is 0. The molecular weight excluding hydrogens is 226 g/mol. The fourth-order valence-corrected chi connectivity index (χ4v) is 2.06. The molecule has 0 amide bonds. The molecule has 1 saturated carbocycles. The largest absolute Gasteiger partial charge is 0.432 e. The minimum Gasteiger partial charge on any atom is -0.432 e. The average Bonchev–Trinajstić information content (AvgIpc) is 3.06. The van der Waals surface area contributed by atoms with E-state index in [-0.39, 0.29) is 0 Å². The molecule has 4 nitrogen and oxygen atoms in total. The Morgan fingerprint density at radius 2 is 2.22 bits per heavy atom. The van der Waals surface area contributed by atoms with Crippen LogP contribution in [0.25, 0.3) is 0 Å². The molecule has 0 aromatic carbocycles. The Morgan fingerprint density at radius 3 is 2.89 bits per heavy atom. The normalized spacial score (nSPS) is 15.0. The van der Waals surface area contributed by atoms with E-state index in [9.17, 15) is 0 Å².